The zero-order chi connectivity index (χ0) is 14.6. The molecule has 106 valence electrons. The smallest absolute Gasteiger partial charge is 0.181 e. The maximum atomic E-state index is 12.1. The van der Waals surface area contributed by atoms with E-state index < -0.39 is 9.84 Å². The molecule has 2 aromatic rings. The van der Waals surface area contributed by atoms with Crippen LogP contribution in [-0.2, 0) is 9.84 Å². The lowest BCUT2D eigenvalue weighted by Crippen LogP contribution is -2.14. The number of nitrogen functional groups attached to an aromatic ring is 1. The average Bonchev–Trinajstić information content (AvgIpc) is 2.41. The highest BCUT2D eigenvalue weighted by Crippen LogP contribution is 2.20. The number of hydrogen-bond donors (Lipinski definition) is 1. The van der Waals surface area contributed by atoms with Gasteiger partial charge in [-0.25, -0.2) is 8.42 Å². The van der Waals surface area contributed by atoms with Crippen LogP contribution in [0.15, 0.2) is 53.4 Å². The first-order valence-corrected chi connectivity index (χ1v) is 7.98. The first-order valence-electron chi connectivity index (χ1n) is 5.95. The summed E-state index contributed by atoms with van der Waals surface area (Å²) in [5.41, 5.74) is 6.19. The highest BCUT2D eigenvalue weighted by molar-refractivity contribution is 7.91. The summed E-state index contributed by atoms with van der Waals surface area (Å²) in [7, 11) is -3.38. The first-order chi connectivity index (χ1) is 9.49. The van der Waals surface area contributed by atoms with E-state index in [0.717, 1.165) is 0 Å². The average molecular weight is 312 g/mol. The third-order valence-corrected chi connectivity index (χ3v) is 4.65. The number of rotatable bonds is 5. The van der Waals surface area contributed by atoms with Gasteiger partial charge in [-0.2, -0.15) is 0 Å². The third-order valence-electron chi connectivity index (χ3n) is 2.70. The normalized spacial score (nSPS) is 11.2. The van der Waals surface area contributed by atoms with E-state index in [1.807, 2.05) is 0 Å². The second-order valence-corrected chi connectivity index (χ2v) is 6.70. The summed E-state index contributed by atoms with van der Waals surface area (Å²) >= 11 is 5.73. The van der Waals surface area contributed by atoms with Gasteiger partial charge in [0, 0.05) is 5.02 Å². The predicted molar refractivity (Wildman–Crippen MR) is 79.9 cm³/mol. The molecule has 0 spiro atoms. The maximum Gasteiger partial charge on any atom is 0.181 e. The minimum Gasteiger partial charge on any atom is -0.490 e. The van der Waals surface area contributed by atoms with Gasteiger partial charge in [-0.3, -0.25) is 0 Å². The van der Waals surface area contributed by atoms with Gasteiger partial charge in [0.1, 0.15) is 12.4 Å². The zero-order valence-corrected chi connectivity index (χ0v) is 12.2. The third kappa shape index (κ3) is 3.65. The van der Waals surface area contributed by atoms with Crippen LogP contribution >= 0.6 is 11.6 Å². The summed E-state index contributed by atoms with van der Waals surface area (Å²) in [4.78, 5) is 0.228. The fourth-order valence-corrected chi connectivity index (χ4v) is 2.85. The minimum atomic E-state index is -3.38. The van der Waals surface area contributed by atoms with Crippen molar-refractivity contribution in [2.24, 2.45) is 0 Å². The Bertz CT molecular complexity index is 684. The van der Waals surface area contributed by atoms with Crippen molar-refractivity contribution in [3.63, 3.8) is 0 Å². The van der Waals surface area contributed by atoms with Crippen molar-refractivity contribution < 1.29 is 13.2 Å². The van der Waals surface area contributed by atoms with Crippen molar-refractivity contribution in [1.82, 2.24) is 0 Å². The van der Waals surface area contributed by atoms with E-state index >= 15 is 0 Å². The molecule has 6 heteroatoms. The molecule has 0 fully saturated rings. The summed E-state index contributed by atoms with van der Waals surface area (Å²) in [5.74, 6) is 0.363. The molecule has 20 heavy (non-hydrogen) atoms. The second kappa shape index (κ2) is 6.15. The van der Waals surface area contributed by atoms with Crippen molar-refractivity contribution in [3.05, 3.63) is 53.6 Å². The molecule has 0 heterocycles. The first kappa shape index (κ1) is 14.7. The van der Waals surface area contributed by atoms with Crippen LogP contribution in [0.25, 0.3) is 0 Å². The highest BCUT2D eigenvalue weighted by atomic mass is 35.5. The van der Waals surface area contributed by atoms with Gasteiger partial charge in [0.05, 0.1) is 16.3 Å². The van der Waals surface area contributed by atoms with Crippen LogP contribution in [0.3, 0.4) is 0 Å². The Kier molecular flexibility index (Phi) is 4.52. The Balaban J connectivity index is 2.00. The quantitative estimate of drug-likeness (QED) is 0.862. The summed E-state index contributed by atoms with van der Waals surface area (Å²) in [6, 6.07) is 13.0. The lowest BCUT2D eigenvalue weighted by molar-refractivity contribution is 0.342. The van der Waals surface area contributed by atoms with E-state index in [0.29, 0.717) is 16.5 Å². The number of sulfone groups is 1. The molecule has 0 atom stereocenters. The van der Waals surface area contributed by atoms with Crippen molar-refractivity contribution >= 4 is 27.1 Å². The summed E-state index contributed by atoms with van der Waals surface area (Å²) in [6.45, 7) is 0.0408. The molecular weight excluding hydrogens is 298 g/mol. The molecule has 0 unspecified atom stereocenters. The Morgan fingerprint density at radius 1 is 1.05 bits per heavy atom. The fourth-order valence-electron chi connectivity index (χ4n) is 1.63. The van der Waals surface area contributed by atoms with Gasteiger partial charge < -0.3 is 10.5 Å². The van der Waals surface area contributed by atoms with Crippen LogP contribution < -0.4 is 10.5 Å². The number of hydrogen-bond acceptors (Lipinski definition) is 4. The molecule has 4 nitrogen and oxygen atoms in total. The van der Waals surface area contributed by atoms with Crippen LogP contribution in [0, 0.1) is 0 Å². The van der Waals surface area contributed by atoms with Gasteiger partial charge in [0.25, 0.3) is 0 Å². The lowest BCUT2D eigenvalue weighted by Gasteiger charge is -2.09. The van der Waals surface area contributed by atoms with E-state index in [1.165, 1.54) is 12.1 Å². The van der Waals surface area contributed by atoms with Gasteiger partial charge in [-0.15, -0.1) is 0 Å². The van der Waals surface area contributed by atoms with Gasteiger partial charge in [-0.1, -0.05) is 23.7 Å². The molecule has 0 saturated carbocycles. The molecular formula is C14H14ClNO3S. The molecule has 0 amide bonds. The minimum absolute atomic E-state index is 0.0408. The zero-order valence-electron chi connectivity index (χ0n) is 10.6. The molecule has 0 aliphatic rings. The largest absolute Gasteiger partial charge is 0.490 e. The van der Waals surface area contributed by atoms with E-state index in [4.69, 9.17) is 22.1 Å². The van der Waals surface area contributed by atoms with E-state index in [9.17, 15) is 8.42 Å². The van der Waals surface area contributed by atoms with Crippen LogP contribution in [-0.4, -0.2) is 20.8 Å². The molecule has 0 saturated heterocycles. The summed E-state index contributed by atoms with van der Waals surface area (Å²) in [5, 5.41) is 0.497. The highest BCUT2D eigenvalue weighted by Gasteiger charge is 2.14. The Morgan fingerprint density at radius 3 is 2.35 bits per heavy atom. The van der Waals surface area contributed by atoms with E-state index in [1.54, 1.807) is 36.4 Å². The topological polar surface area (TPSA) is 69.4 Å². The molecule has 2 aromatic carbocycles. The SMILES string of the molecule is Nc1ccccc1OCCS(=O)(=O)c1ccc(Cl)cc1. The molecule has 0 aliphatic heterocycles. The van der Waals surface area contributed by atoms with Crippen LogP contribution in [0.4, 0.5) is 5.69 Å². The fraction of sp³-hybridized carbons (Fsp3) is 0.143. The van der Waals surface area contributed by atoms with Crippen LogP contribution in [0.2, 0.25) is 5.02 Å². The van der Waals surface area contributed by atoms with Crippen LogP contribution in [0.5, 0.6) is 5.75 Å². The van der Waals surface area contributed by atoms with Gasteiger partial charge in [-0.05, 0) is 36.4 Å². The van der Waals surface area contributed by atoms with Crippen molar-refractivity contribution in [1.29, 1.82) is 0 Å². The van der Waals surface area contributed by atoms with Gasteiger partial charge in [0.2, 0.25) is 0 Å². The number of benzene rings is 2. The second-order valence-electron chi connectivity index (χ2n) is 4.16. The van der Waals surface area contributed by atoms with Gasteiger partial charge >= 0.3 is 0 Å². The Labute approximate surface area is 123 Å². The summed E-state index contributed by atoms with van der Waals surface area (Å²) < 4.78 is 29.5. The maximum absolute atomic E-state index is 12.1. The molecule has 0 radical (unpaired) electrons. The molecule has 2 N–H and O–H groups in total. The van der Waals surface area contributed by atoms with Gasteiger partial charge in [0.15, 0.2) is 9.84 Å². The number of anilines is 1. The Morgan fingerprint density at radius 2 is 1.70 bits per heavy atom. The number of halogens is 1. The van der Waals surface area contributed by atoms with Crippen LogP contribution in [0.1, 0.15) is 0 Å². The number of nitrogens with two attached hydrogens (primary N) is 1. The predicted octanol–water partition coefficient (Wildman–Crippen LogP) is 2.77. The van der Waals surface area contributed by atoms with Crippen molar-refractivity contribution in [2.45, 2.75) is 4.90 Å². The number of para-hydroxylation sites is 2. The lowest BCUT2D eigenvalue weighted by atomic mass is 10.3. The monoisotopic (exact) mass is 311 g/mol. The molecule has 0 bridgehead atoms. The van der Waals surface area contributed by atoms with E-state index in [-0.39, 0.29) is 17.3 Å². The number of ether oxygens (including phenoxy) is 1. The molecule has 0 aliphatic carbocycles. The van der Waals surface area contributed by atoms with Crippen molar-refractivity contribution in [3.8, 4) is 5.75 Å². The Hall–Kier alpha value is -1.72. The van der Waals surface area contributed by atoms with E-state index in [2.05, 4.69) is 0 Å². The van der Waals surface area contributed by atoms with Crippen molar-refractivity contribution in [2.75, 3.05) is 18.1 Å². The molecule has 2 rings (SSSR count). The summed E-state index contributed by atoms with van der Waals surface area (Å²) in [6.07, 6.45) is 0. The standard InChI is InChI=1S/C14H14ClNO3S/c15-11-5-7-12(8-6-11)20(17,18)10-9-19-14-4-2-1-3-13(14)16/h1-8H,9-10,16H2. The molecule has 0 aromatic heterocycles.